The van der Waals surface area contributed by atoms with Crippen LogP contribution in [0.2, 0.25) is 5.02 Å². The third-order valence-electron chi connectivity index (χ3n) is 3.48. The number of pyridine rings is 1. The van der Waals surface area contributed by atoms with Gasteiger partial charge in [-0.05, 0) is 49.7 Å². The maximum atomic E-state index is 12.5. The van der Waals surface area contributed by atoms with Gasteiger partial charge in [0, 0.05) is 16.9 Å². The van der Waals surface area contributed by atoms with Crippen LogP contribution >= 0.6 is 22.9 Å². The summed E-state index contributed by atoms with van der Waals surface area (Å²) < 4.78 is 5.63. The molecule has 0 aliphatic heterocycles. The Morgan fingerprint density at radius 3 is 2.88 bits per heavy atom. The van der Waals surface area contributed by atoms with Crippen LogP contribution in [0.5, 0.6) is 5.75 Å². The molecule has 0 fully saturated rings. The first-order chi connectivity index (χ1) is 12.0. The average molecular weight is 374 g/mol. The highest BCUT2D eigenvalue weighted by atomic mass is 35.5. The molecule has 2 aromatic heterocycles. The normalized spacial score (nSPS) is 10.5. The van der Waals surface area contributed by atoms with E-state index in [2.05, 4.69) is 15.3 Å². The van der Waals surface area contributed by atoms with Crippen molar-refractivity contribution in [2.45, 2.75) is 20.5 Å². The Morgan fingerprint density at radius 2 is 2.16 bits per heavy atom. The van der Waals surface area contributed by atoms with Crippen molar-refractivity contribution >= 4 is 34.5 Å². The van der Waals surface area contributed by atoms with Crippen LogP contribution in [0.3, 0.4) is 0 Å². The Hall–Kier alpha value is -2.44. The summed E-state index contributed by atoms with van der Waals surface area (Å²) in [6.07, 6.45) is 3.32. The summed E-state index contributed by atoms with van der Waals surface area (Å²) in [5.74, 6) is 0.478. The van der Waals surface area contributed by atoms with Crippen molar-refractivity contribution in [3.8, 4) is 5.75 Å². The predicted octanol–water partition coefficient (Wildman–Crippen LogP) is 4.64. The predicted molar refractivity (Wildman–Crippen MR) is 99.6 cm³/mol. The SMILES string of the molecule is Cc1cc(Cl)ccc1NC(=O)c1sc(COc2cccnc2)nc1C. The highest BCUT2D eigenvalue weighted by Gasteiger charge is 2.16. The Balaban J connectivity index is 1.70. The Bertz CT molecular complexity index is 897. The number of carbonyl (C=O) groups is 1. The highest BCUT2D eigenvalue weighted by molar-refractivity contribution is 7.13. The number of nitrogens with one attached hydrogen (secondary N) is 1. The van der Waals surface area contributed by atoms with Gasteiger partial charge in [0.25, 0.3) is 5.91 Å². The molecule has 7 heteroatoms. The fourth-order valence-electron chi connectivity index (χ4n) is 2.25. The van der Waals surface area contributed by atoms with Gasteiger partial charge in [0.05, 0.1) is 11.9 Å². The molecule has 5 nitrogen and oxygen atoms in total. The van der Waals surface area contributed by atoms with E-state index < -0.39 is 0 Å². The molecule has 0 saturated heterocycles. The van der Waals surface area contributed by atoms with Gasteiger partial charge < -0.3 is 10.1 Å². The van der Waals surface area contributed by atoms with E-state index in [0.29, 0.717) is 28.0 Å². The number of nitrogens with zero attached hydrogens (tertiary/aromatic N) is 2. The first-order valence-electron chi connectivity index (χ1n) is 7.59. The fourth-order valence-corrected chi connectivity index (χ4v) is 3.35. The number of carbonyl (C=O) groups excluding carboxylic acids is 1. The summed E-state index contributed by atoms with van der Waals surface area (Å²) in [6.45, 7) is 4.01. The fraction of sp³-hybridized carbons (Fsp3) is 0.167. The van der Waals surface area contributed by atoms with Crippen LogP contribution in [0.1, 0.15) is 25.9 Å². The van der Waals surface area contributed by atoms with Crippen LogP contribution in [0.25, 0.3) is 0 Å². The molecule has 1 amide bonds. The summed E-state index contributed by atoms with van der Waals surface area (Å²) >= 11 is 7.27. The molecule has 0 bridgehead atoms. The number of hydrogen-bond acceptors (Lipinski definition) is 5. The molecule has 128 valence electrons. The summed E-state index contributed by atoms with van der Waals surface area (Å²) in [5.41, 5.74) is 2.32. The number of benzene rings is 1. The number of hydrogen-bond donors (Lipinski definition) is 1. The molecule has 0 radical (unpaired) electrons. The zero-order chi connectivity index (χ0) is 17.8. The van der Waals surface area contributed by atoms with Gasteiger partial charge in [-0.1, -0.05) is 11.6 Å². The van der Waals surface area contributed by atoms with Crippen molar-refractivity contribution in [2.24, 2.45) is 0 Å². The number of halogens is 1. The Morgan fingerprint density at radius 1 is 1.32 bits per heavy atom. The topological polar surface area (TPSA) is 64.1 Å². The third-order valence-corrected chi connectivity index (χ3v) is 4.85. The molecule has 3 aromatic rings. The Kier molecular flexibility index (Phi) is 5.31. The molecular formula is C18H16ClN3O2S. The lowest BCUT2D eigenvalue weighted by atomic mass is 10.2. The van der Waals surface area contributed by atoms with Gasteiger partial charge in [0.15, 0.2) is 0 Å². The van der Waals surface area contributed by atoms with Gasteiger partial charge in [-0.2, -0.15) is 0 Å². The number of ether oxygens (including phenoxy) is 1. The second kappa shape index (κ2) is 7.63. The molecule has 2 heterocycles. The van der Waals surface area contributed by atoms with Crippen LogP contribution in [-0.4, -0.2) is 15.9 Å². The van der Waals surface area contributed by atoms with Crippen molar-refractivity contribution < 1.29 is 9.53 Å². The monoisotopic (exact) mass is 373 g/mol. The third kappa shape index (κ3) is 4.35. The van der Waals surface area contributed by atoms with Gasteiger partial charge in [-0.15, -0.1) is 11.3 Å². The molecule has 0 atom stereocenters. The first kappa shape index (κ1) is 17.4. The second-order valence-electron chi connectivity index (χ2n) is 5.41. The second-order valence-corrected chi connectivity index (χ2v) is 6.93. The number of amides is 1. The molecule has 0 spiro atoms. The van der Waals surface area contributed by atoms with E-state index in [1.807, 2.05) is 26.0 Å². The summed E-state index contributed by atoms with van der Waals surface area (Å²) in [6, 6.07) is 8.97. The van der Waals surface area contributed by atoms with Crippen LogP contribution < -0.4 is 10.1 Å². The number of rotatable bonds is 5. The molecule has 0 aliphatic carbocycles. The lowest BCUT2D eigenvalue weighted by molar-refractivity contribution is 0.102. The van der Waals surface area contributed by atoms with Crippen molar-refractivity contribution in [2.75, 3.05) is 5.32 Å². The molecule has 1 N–H and O–H groups in total. The quantitative estimate of drug-likeness (QED) is 0.707. The van der Waals surface area contributed by atoms with E-state index in [1.54, 1.807) is 30.6 Å². The zero-order valence-corrected chi connectivity index (χ0v) is 15.3. The highest BCUT2D eigenvalue weighted by Crippen LogP contribution is 2.24. The van der Waals surface area contributed by atoms with E-state index in [1.165, 1.54) is 11.3 Å². The number of aryl methyl sites for hydroxylation is 2. The zero-order valence-electron chi connectivity index (χ0n) is 13.7. The van der Waals surface area contributed by atoms with Crippen molar-refractivity contribution in [3.05, 3.63) is 68.9 Å². The smallest absolute Gasteiger partial charge is 0.267 e. The molecular weight excluding hydrogens is 358 g/mol. The van der Waals surface area contributed by atoms with Crippen LogP contribution in [-0.2, 0) is 6.61 Å². The summed E-state index contributed by atoms with van der Waals surface area (Å²) in [7, 11) is 0. The molecule has 0 aliphatic rings. The van der Waals surface area contributed by atoms with Crippen LogP contribution in [0.4, 0.5) is 5.69 Å². The minimum atomic E-state index is -0.187. The minimum Gasteiger partial charge on any atom is -0.485 e. The van der Waals surface area contributed by atoms with Gasteiger partial charge in [-0.3, -0.25) is 9.78 Å². The maximum absolute atomic E-state index is 12.5. The summed E-state index contributed by atoms with van der Waals surface area (Å²) in [5, 5.41) is 4.28. The van der Waals surface area contributed by atoms with E-state index in [0.717, 1.165) is 16.3 Å². The summed E-state index contributed by atoms with van der Waals surface area (Å²) in [4.78, 5) is 21.5. The van der Waals surface area contributed by atoms with Crippen LogP contribution in [0, 0.1) is 13.8 Å². The van der Waals surface area contributed by atoms with E-state index in [4.69, 9.17) is 16.3 Å². The van der Waals surface area contributed by atoms with Crippen molar-refractivity contribution in [3.63, 3.8) is 0 Å². The number of thiazole rings is 1. The lowest BCUT2D eigenvalue weighted by Gasteiger charge is -2.07. The van der Waals surface area contributed by atoms with Gasteiger partial charge >= 0.3 is 0 Å². The molecule has 3 rings (SSSR count). The largest absolute Gasteiger partial charge is 0.485 e. The first-order valence-corrected chi connectivity index (χ1v) is 8.79. The van der Waals surface area contributed by atoms with Gasteiger partial charge in [0.2, 0.25) is 0 Å². The van der Waals surface area contributed by atoms with Crippen molar-refractivity contribution in [1.29, 1.82) is 0 Å². The van der Waals surface area contributed by atoms with E-state index in [-0.39, 0.29) is 5.91 Å². The van der Waals surface area contributed by atoms with Crippen LogP contribution in [0.15, 0.2) is 42.7 Å². The Labute approximate surface area is 154 Å². The molecule has 0 saturated carbocycles. The van der Waals surface area contributed by atoms with Gasteiger partial charge in [0.1, 0.15) is 22.2 Å². The van der Waals surface area contributed by atoms with E-state index in [9.17, 15) is 4.79 Å². The minimum absolute atomic E-state index is 0.187. The molecule has 25 heavy (non-hydrogen) atoms. The number of anilines is 1. The van der Waals surface area contributed by atoms with Gasteiger partial charge in [-0.25, -0.2) is 4.98 Å². The maximum Gasteiger partial charge on any atom is 0.267 e. The molecule has 0 unspecified atom stereocenters. The van der Waals surface area contributed by atoms with E-state index >= 15 is 0 Å². The number of aromatic nitrogens is 2. The standard InChI is InChI=1S/C18H16ClN3O2S/c1-11-8-13(19)5-6-15(11)22-18(23)17-12(2)21-16(25-17)10-24-14-4-3-7-20-9-14/h3-9H,10H2,1-2H3,(H,22,23). The lowest BCUT2D eigenvalue weighted by Crippen LogP contribution is -2.12. The average Bonchev–Trinajstić information content (AvgIpc) is 2.97. The molecule has 1 aromatic carbocycles. The van der Waals surface area contributed by atoms with Crippen molar-refractivity contribution in [1.82, 2.24) is 9.97 Å².